The van der Waals surface area contributed by atoms with Gasteiger partial charge in [0.2, 0.25) is 11.8 Å². The molecule has 0 saturated carbocycles. The Morgan fingerprint density at radius 1 is 0.850 bits per heavy atom. The lowest BCUT2D eigenvalue weighted by molar-refractivity contribution is -0.159. The average Bonchev–Trinajstić information content (AvgIpc) is 2.81. The van der Waals surface area contributed by atoms with Crippen molar-refractivity contribution in [1.82, 2.24) is 15.5 Å². The van der Waals surface area contributed by atoms with Crippen molar-refractivity contribution in [3.8, 4) is 0 Å². The number of alkyl carbamates (subject to hydrolysis) is 1. The number of carbonyl (C=O) groups is 4. The van der Waals surface area contributed by atoms with Crippen molar-refractivity contribution in [2.45, 2.75) is 91.1 Å². The first-order chi connectivity index (χ1) is 18.5. The number of rotatable bonds is 9. The fraction of sp³-hybridized carbons (Fsp3) is 0.484. The molecule has 0 radical (unpaired) electrons. The molecule has 0 heterocycles. The summed E-state index contributed by atoms with van der Waals surface area (Å²) >= 11 is 0. The monoisotopic (exact) mass is 553 g/mol. The lowest BCUT2D eigenvalue weighted by Gasteiger charge is -2.32. The number of carbonyl (C=O) groups excluding carboxylic acids is 4. The number of aryl methyl sites for hydroxylation is 1. The van der Waals surface area contributed by atoms with Gasteiger partial charge in [0.25, 0.3) is 0 Å². The SMILES string of the molecule is Cc1cccc(C(C(=O)NC(Cc2ccccc2)C(=O)OC(C)(C)C)N(C)C(=O)C(C)NC(=O)OC(C)(C)C)c1. The Hall–Kier alpha value is -3.88. The van der Waals surface area contributed by atoms with Crippen LogP contribution in [0.4, 0.5) is 4.79 Å². The van der Waals surface area contributed by atoms with Crippen molar-refractivity contribution in [2.24, 2.45) is 0 Å². The van der Waals surface area contributed by atoms with Crippen molar-refractivity contribution in [3.05, 3.63) is 71.3 Å². The molecule has 0 spiro atoms. The van der Waals surface area contributed by atoms with Crippen LogP contribution in [0, 0.1) is 6.92 Å². The molecule has 0 aliphatic rings. The number of ether oxygens (including phenoxy) is 2. The van der Waals surface area contributed by atoms with Gasteiger partial charge >= 0.3 is 12.1 Å². The minimum atomic E-state index is -1.09. The Bertz CT molecular complexity index is 1180. The van der Waals surface area contributed by atoms with Crippen molar-refractivity contribution in [1.29, 1.82) is 0 Å². The predicted molar refractivity (Wildman–Crippen MR) is 153 cm³/mol. The van der Waals surface area contributed by atoms with E-state index in [1.165, 1.54) is 18.9 Å². The van der Waals surface area contributed by atoms with Crippen LogP contribution in [0.1, 0.15) is 71.2 Å². The third-order valence-corrected chi connectivity index (χ3v) is 5.74. The Morgan fingerprint density at radius 2 is 1.45 bits per heavy atom. The standard InChI is InChI=1S/C31H43N3O6/c1-20-14-13-17-23(18-20)25(34(9)27(36)21(2)32-29(38)40-31(6,7)8)26(35)33-24(28(37)39-30(3,4)5)19-22-15-11-10-12-16-22/h10-18,21,24-25H,19H2,1-9H3,(H,32,38)(H,33,35). The Morgan fingerprint density at radius 3 is 2.00 bits per heavy atom. The zero-order valence-electron chi connectivity index (χ0n) is 25.0. The fourth-order valence-corrected chi connectivity index (χ4v) is 4.04. The average molecular weight is 554 g/mol. The van der Waals surface area contributed by atoms with E-state index in [1.54, 1.807) is 59.7 Å². The van der Waals surface area contributed by atoms with E-state index in [9.17, 15) is 19.2 Å². The van der Waals surface area contributed by atoms with Crippen molar-refractivity contribution in [3.63, 3.8) is 0 Å². The van der Waals surface area contributed by atoms with Gasteiger partial charge < -0.3 is 25.0 Å². The zero-order valence-corrected chi connectivity index (χ0v) is 25.0. The maximum absolute atomic E-state index is 13.9. The molecule has 9 nitrogen and oxygen atoms in total. The summed E-state index contributed by atoms with van der Waals surface area (Å²) in [6, 6.07) is 13.5. The van der Waals surface area contributed by atoms with Crippen LogP contribution in [0.15, 0.2) is 54.6 Å². The highest BCUT2D eigenvalue weighted by molar-refractivity contribution is 5.93. The summed E-state index contributed by atoms with van der Waals surface area (Å²) in [6.07, 6.45) is -0.540. The molecule has 2 rings (SSSR count). The lowest BCUT2D eigenvalue weighted by Crippen LogP contribution is -2.53. The zero-order chi connectivity index (χ0) is 30.3. The van der Waals surface area contributed by atoms with E-state index in [0.717, 1.165) is 11.1 Å². The molecule has 40 heavy (non-hydrogen) atoms. The number of likely N-dealkylation sites (N-methyl/N-ethyl adjacent to an activating group) is 1. The van der Waals surface area contributed by atoms with Gasteiger partial charge in [0.1, 0.15) is 29.3 Å². The van der Waals surface area contributed by atoms with E-state index in [4.69, 9.17) is 9.47 Å². The van der Waals surface area contributed by atoms with Gasteiger partial charge in [-0.2, -0.15) is 0 Å². The maximum Gasteiger partial charge on any atom is 0.408 e. The van der Waals surface area contributed by atoms with Gasteiger partial charge in [-0.1, -0.05) is 60.2 Å². The molecule has 0 aromatic heterocycles. The molecule has 2 N–H and O–H groups in total. The number of benzene rings is 2. The summed E-state index contributed by atoms with van der Waals surface area (Å²) in [4.78, 5) is 54.0. The van der Waals surface area contributed by atoms with Crippen molar-refractivity contribution >= 4 is 23.9 Å². The number of hydrogen-bond donors (Lipinski definition) is 2. The fourth-order valence-electron chi connectivity index (χ4n) is 4.04. The highest BCUT2D eigenvalue weighted by Crippen LogP contribution is 2.23. The quantitative estimate of drug-likeness (QED) is 0.443. The molecule has 0 fully saturated rings. The number of esters is 1. The molecule has 3 unspecified atom stereocenters. The van der Waals surface area contributed by atoms with Crippen molar-refractivity contribution < 1.29 is 28.7 Å². The third-order valence-electron chi connectivity index (χ3n) is 5.74. The minimum Gasteiger partial charge on any atom is -0.458 e. The van der Waals surface area contributed by atoms with Crippen LogP contribution in [-0.4, -0.2) is 59.1 Å². The molecule has 3 amide bonds. The largest absolute Gasteiger partial charge is 0.458 e. The van der Waals surface area contributed by atoms with E-state index in [1.807, 2.05) is 43.3 Å². The molecule has 3 atom stereocenters. The number of nitrogens with zero attached hydrogens (tertiary/aromatic N) is 1. The molecule has 218 valence electrons. The molecule has 0 aliphatic heterocycles. The second kappa shape index (κ2) is 13.5. The van der Waals surface area contributed by atoms with Gasteiger partial charge in [0.05, 0.1) is 0 Å². The first-order valence-corrected chi connectivity index (χ1v) is 13.4. The van der Waals surface area contributed by atoms with E-state index in [2.05, 4.69) is 10.6 Å². The van der Waals surface area contributed by atoms with Gasteiger partial charge in [-0.05, 0) is 66.5 Å². The van der Waals surface area contributed by atoms with Crippen LogP contribution in [-0.2, 0) is 30.3 Å². The molecule has 0 aliphatic carbocycles. The van der Waals surface area contributed by atoms with Gasteiger partial charge in [-0.3, -0.25) is 9.59 Å². The summed E-state index contributed by atoms with van der Waals surface area (Å²) in [6.45, 7) is 13.8. The highest BCUT2D eigenvalue weighted by Gasteiger charge is 2.35. The second-order valence-electron chi connectivity index (χ2n) is 11.9. The third kappa shape index (κ3) is 10.4. The summed E-state index contributed by atoms with van der Waals surface area (Å²) in [5.41, 5.74) is 0.787. The van der Waals surface area contributed by atoms with E-state index in [0.29, 0.717) is 5.56 Å². The number of hydrogen-bond acceptors (Lipinski definition) is 6. The molecule has 2 aromatic carbocycles. The molecular formula is C31H43N3O6. The van der Waals surface area contributed by atoms with E-state index >= 15 is 0 Å². The molecule has 0 saturated heterocycles. The van der Waals surface area contributed by atoms with Gasteiger partial charge in [-0.15, -0.1) is 0 Å². The number of amides is 3. The first-order valence-electron chi connectivity index (χ1n) is 13.4. The lowest BCUT2D eigenvalue weighted by atomic mass is 10.00. The van der Waals surface area contributed by atoms with Gasteiger partial charge in [-0.25, -0.2) is 9.59 Å². The summed E-state index contributed by atoms with van der Waals surface area (Å²) in [7, 11) is 1.49. The van der Waals surface area contributed by atoms with Crippen LogP contribution in [0.3, 0.4) is 0 Å². The highest BCUT2D eigenvalue weighted by atomic mass is 16.6. The van der Waals surface area contributed by atoms with E-state index < -0.39 is 53.2 Å². The normalized spacial score (nSPS) is 13.8. The summed E-state index contributed by atoms with van der Waals surface area (Å²) in [5, 5.41) is 5.37. The van der Waals surface area contributed by atoms with Crippen LogP contribution >= 0.6 is 0 Å². The predicted octanol–water partition coefficient (Wildman–Crippen LogP) is 4.48. The molecular weight excluding hydrogens is 510 g/mol. The van der Waals surface area contributed by atoms with Crippen LogP contribution in [0.25, 0.3) is 0 Å². The molecule has 2 aromatic rings. The minimum absolute atomic E-state index is 0.205. The Balaban J connectivity index is 2.37. The summed E-state index contributed by atoms with van der Waals surface area (Å²) in [5.74, 6) is -1.65. The maximum atomic E-state index is 13.9. The topological polar surface area (TPSA) is 114 Å². The molecule has 9 heteroatoms. The number of nitrogens with one attached hydrogen (secondary N) is 2. The van der Waals surface area contributed by atoms with Gasteiger partial charge in [0.15, 0.2) is 0 Å². The van der Waals surface area contributed by atoms with E-state index in [-0.39, 0.29) is 6.42 Å². The van der Waals surface area contributed by atoms with Crippen LogP contribution < -0.4 is 10.6 Å². The Labute approximate surface area is 237 Å². The second-order valence-corrected chi connectivity index (χ2v) is 11.9. The molecule has 0 bridgehead atoms. The van der Waals surface area contributed by atoms with Crippen molar-refractivity contribution in [2.75, 3.05) is 7.05 Å². The first kappa shape index (κ1) is 32.3. The Kier molecular flexibility index (Phi) is 10.9. The van der Waals surface area contributed by atoms with Crippen LogP contribution in [0.5, 0.6) is 0 Å². The smallest absolute Gasteiger partial charge is 0.408 e. The summed E-state index contributed by atoms with van der Waals surface area (Å²) < 4.78 is 10.9. The van der Waals surface area contributed by atoms with Crippen LogP contribution in [0.2, 0.25) is 0 Å². The van der Waals surface area contributed by atoms with Gasteiger partial charge in [0, 0.05) is 13.5 Å².